The van der Waals surface area contributed by atoms with E-state index in [-0.39, 0.29) is 0 Å². The number of hydrogen-bond donors (Lipinski definition) is 0. The van der Waals surface area contributed by atoms with Crippen molar-refractivity contribution in [1.82, 2.24) is 4.90 Å². The summed E-state index contributed by atoms with van der Waals surface area (Å²) in [5, 5.41) is 0. The van der Waals surface area contributed by atoms with Crippen LogP contribution >= 0.6 is 40.0 Å². The Kier molecular flexibility index (Phi) is 14.8. The molecule has 0 aliphatic rings. The molecule has 0 radical (unpaired) electrons. The molecule has 0 unspecified atom stereocenters. The van der Waals surface area contributed by atoms with Gasteiger partial charge in [-0.2, -0.15) is 0 Å². The van der Waals surface area contributed by atoms with Gasteiger partial charge in [0.05, 0.1) is 5.84 Å². The summed E-state index contributed by atoms with van der Waals surface area (Å²) in [5.41, 5.74) is 0. The van der Waals surface area contributed by atoms with Crippen LogP contribution in [0, 0.1) is 0 Å². The van der Waals surface area contributed by atoms with Crippen molar-refractivity contribution >= 4 is 45.8 Å². The molecule has 0 heterocycles. The van der Waals surface area contributed by atoms with E-state index in [2.05, 4.69) is 45.0 Å². The molecule has 0 saturated carbocycles. The molecule has 2 nitrogen and oxygen atoms in total. The third kappa shape index (κ3) is 12.2. The van der Waals surface area contributed by atoms with E-state index in [4.69, 9.17) is 0 Å². The van der Waals surface area contributed by atoms with Crippen LogP contribution in [0.5, 0.6) is 0 Å². The van der Waals surface area contributed by atoms with Crippen LogP contribution in [-0.2, 0) is 9.47 Å². The Balaban J connectivity index is 0. The maximum atomic E-state index is 3.93. The van der Waals surface area contributed by atoms with Gasteiger partial charge in [-0.05, 0) is 6.92 Å². The topological polar surface area (TPSA) is 15.6 Å². The second-order valence-electron chi connectivity index (χ2n) is 1.73. The molecular weight excluding hydrogens is 393 g/mol. The first kappa shape index (κ1) is 14.1. The summed E-state index contributed by atoms with van der Waals surface area (Å²) < 4.78 is 0. The Morgan fingerprint density at radius 3 is 1.70 bits per heavy atom. The van der Waals surface area contributed by atoms with Crippen LogP contribution in [0.4, 0.5) is 0 Å². The number of hydrogen-bond acceptors (Lipinski definition) is 1. The Morgan fingerprint density at radius 1 is 1.40 bits per heavy atom. The zero-order valence-electron chi connectivity index (χ0n) is 6.60. The van der Waals surface area contributed by atoms with E-state index in [1.165, 1.54) is 0 Å². The van der Waals surface area contributed by atoms with Crippen molar-refractivity contribution in [2.45, 2.75) is 6.92 Å². The Morgan fingerprint density at radius 2 is 1.70 bits per heavy atom. The first-order chi connectivity index (χ1) is 4.59. The number of aliphatic imine (C=N–C) groups is 1. The van der Waals surface area contributed by atoms with Gasteiger partial charge in [0.1, 0.15) is 0 Å². The minimum absolute atomic E-state index is 0.628. The number of rotatable bonds is 0. The quantitative estimate of drug-likeness (QED) is 0.344. The van der Waals surface area contributed by atoms with E-state index in [0.717, 1.165) is 5.84 Å². The summed E-state index contributed by atoms with van der Waals surface area (Å²) >= 11 is 4.74. The molecule has 0 saturated heterocycles. The third-order valence-electron chi connectivity index (χ3n) is 0.971. The van der Waals surface area contributed by atoms with Gasteiger partial charge in [0.25, 0.3) is 0 Å². The predicted octanol–water partition coefficient (Wildman–Crippen LogP) is 2.37. The summed E-state index contributed by atoms with van der Waals surface area (Å²) in [6, 6.07) is 0. The van der Waals surface area contributed by atoms with Gasteiger partial charge in [-0.25, -0.2) is 0 Å². The molecule has 0 fully saturated rings. The van der Waals surface area contributed by atoms with Crippen molar-refractivity contribution in [1.29, 1.82) is 0 Å². The molecule has 0 amide bonds. The van der Waals surface area contributed by atoms with Crippen LogP contribution in [0.2, 0.25) is 0 Å². The average molecular weight is 405 g/mol. The standard InChI is InChI=1S/C5H12N2.2HI.V/c1-5(6-2)7(3)4;;;/h1-4H3;2*1H;/q;;;+2/p-2. The van der Waals surface area contributed by atoms with Gasteiger partial charge >= 0.3 is 49.4 Å². The van der Waals surface area contributed by atoms with Crippen molar-refractivity contribution in [2.75, 3.05) is 21.1 Å². The molecule has 5 heteroatoms. The molecule has 0 aromatic carbocycles. The van der Waals surface area contributed by atoms with E-state index >= 15 is 0 Å². The first-order valence-electron chi connectivity index (χ1n) is 2.63. The summed E-state index contributed by atoms with van der Waals surface area (Å²) in [7, 11) is 6.36. The van der Waals surface area contributed by atoms with Gasteiger partial charge in [-0.3, -0.25) is 4.99 Å². The predicted molar refractivity (Wildman–Crippen MR) is 60.8 cm³/mol. The van der Waals surface area contributed by atoms with Gasteiger partial charge in [0.2, 0.25) is 0 Å². The molecule has 0 aromatic heterocycles. The Bertz CT molecular complexity index is 95.6. The summed E-state index contributed by atoms with van der Waals surface area (Å²) in [6.07, 6.45) is 0. The fourth-order valence-electron chi connectivity index (χ4n) is 0.200. The van der Waals surface area contributed by atoms with Crippen molar-refractivity contribution in [3.8, 4) is 0 Å². The van der Waals surface area contributed by atoms with Gasteiger partial charge in [0, 0.05) is 21.1 Å². The maximum absolute atomic E-state index is 3.93. The SMILES string of the molecule is CN=C(C)N(C)C.[I][V][I]. The number of nitrogens with zero attached hydrogens (tertiary/aromatic N) is 2. The Labute approximate surface area is 92.1 Å². The van der Waals surface area contributed by atoms with Gasteiger partial charge in [-0.15, -0.1) is 0 Å². The third-order valence-corrected chi connectivity index (χ3v) is 0.971. The van der Waals surface area contributed by atoms with Crippen molar-refractivity contribution in [3.05, 3.63) is 0 Å². The fraction of sp³-hybridized carbons (Fsp3) is 0.800. The second kappa shape index (κ2) is 10.5. The summed E-state index contributed by atoms with van der Waals surface area (Å²) in [4.78, 5) is 5.90. The molecule has 0 rings (SSSR count). The second-order valence-corrected chi connectivity index (χ2v) is 13.5. The normalized spacial score (nSPS) is 9.60. The molecule has 0 spiro atoms. The van der Waals surface area contributed by atoms with Crippen LogP contribution in [0.1, 0.15) is 6.92 Å². The molecular formula is C5H12I2N2V. The van der Waals surface area contributed by atoms with Crippen LogP contribution in [0.3, 0.4) is 0 Å². The zero-order chi connectivity index (χ0) is 8.57. The minimum atomic E-state index is 0.628. The van der Waals surface area contributed by atoms with E-state index < -0.39 is 0 Å². The molecule has 0 aliphatic carbocycles. The summed E-state index contributed by atoms with van der Waals surface area (Å²) in [6.45, 7) is 1.97. The molecule has 0 aromatic rings. The van der Waals surface area contributed by atoms with Crippen LogP contribution < -0.4 is 0 Å². The van der Waals surface area contributed by atoms with Crippen molar-refractivity contribution in [3.63, 3.8) is 0 Å². The van der Waals surface area contributed by atoms with Crippen LogP contribution in [0.15, 0.2) is 4.99 Å². The molecule has 0 bridgehead atoms. The average Bonchev–Trinajstić information content (AvgIpc) is 1.88. The van der Waals surface area contributed by atoms with Gasteiger partial charge in [-0.1, -0.05) is 0 Å². The number of amidine groups is 1. The number of halogens is 2. The van der Waals surface area contributed by atoms with Crippen molar-refractivity contribution < 1.29 is 9.47 Å². The van der Waals surface area contributed by atoms with Crippen LogP contribution in [-0.4, -0.2) is 31.9 Å². The molecule has 10 heavy (non-hydrogen) atoms. The summed E-state index contributed by atoms with van der Waals surface area (Å²) in [5.74, 6) is 1.06. The molecule has 0 atom stereocenters. The van der Waals surface area contributed by atoms with Crippen molar-refractivity contribution in [2.24, 2.45) is 4.99 Å². The Hall–Kier alpha value is 1.51. The molecule has 61 valence electrons. The van der Waals surface area contributed by atoms with Gasteiger partial charge < -0.3 is 4.90 Å². The van der Waals surface area contributed by atoms with E-state index in [9.17, 15) is 0 Å². The van der Waals surface area contributed by atoms with Crippen LogP contribution in [0.25, 0.3) is 0 Å². The fourth-order valence-corrected chi connectivity index (χ4v) is 0.200. The van der Waals surface area contributed by atoms with E-state index in [1.54, 1.807) is 7.05 Å². The zero-order valence-corrected chi connectivity index (χ0v) is 12.3. The van der Waals surface area contributed by atoms with E-state index in [0.29, 0.717) is 9.47 Å². The first-order valence-corrected chi connectivity index (χ1v) is 11.6. The molecule has 0 N–H and O–H groups in total. The van der Waals surface area contributed by atoms with Gasteiger partial charge in [0.15, 0.2) is 0 Å². The molecule has 0 aliphatic heterocycles. The monoisotopic (exact) mass is 405 g/mol. The van der Waals surface area contributed by atoms with E-state index in [1.807, 2.05) is 25.9 Å².